The second kappa shape index (κ2) is 12.8. The largest absolute Gasteiger partial charge is 0.497 e. The van der Waals surface area contributed by atoms with Gasteiger partial charge in [0.25, 0.3) is 0 Å². The van der Waals surface area contributed by atoms with Crippen LogP contribution in [-0.4, -0.2) is 56.4 Å². The monoisotopic (exact) mass is 539 g/mol. The van der Waals surface area contributed by atoms with E-state index in [-0.39, 0.29) is 30.5 Å². The molecule has 0 spiro atoms. The highest BCUT2D eigenvalue weighted by Gasteiger charge is 2.25. The van der Waals surface area contributed by atoms with Gasteiger partial charge in [-0.15, -0.1) is 24.0 Å². The summed E-state index contributed by atoms with van der Waals surface area (Å²) in [6.07, 6.45) is 1.50. The highest BCUT2D eigenvalue weighted by Crippen LogP contribution is 2.27. The smallest absolute Gasteiger partial charge is 0.194 e. The van der Waals surface area contributed by atoms with Crippen molar-refractivity contribution in [1.29, 1.82) is 0 Å². The molecule has 2 atom stereocenters. The van der Waals surface area contributed by atoms with Crippen LogP contribution in [0.5, 0.6) is 11.5 Å². The van der Waals surface area contributed by atoms with E-state index in [1.165, 1.54) is 5.56 Å². The molecule has 2 unspecified atom stereocenters. The minimum Gasteiger partial charge on any atom is -0.497 e. The Bertz CT molecular complexity index is 810. The van der Waals surface area contributed by atoms with Crippen LogP contribution in [0.25, 0.3) is 0 Å². The molecule has 2 aromatic rings. The quantitative estimate of drug-likeness (QED) is 0.303. The first-order valence-electron chi connectivity index (χ1n) is 10.6. The van der Waals surface area contributed by atoms with Gasteiger partial charge in [0.15, 0.2) is 5.96 Å². The van der Waals surface area contributed by atoms with Gasteiger partial charge in [-0.25, -0.2) is 0 Å². The van der Waals surface area contributed by atoms with Crippen LogP contribution in [0.15, 0.2) is 53.5 Å². The lowest BCUT2D eigenvalue weighted by atomic mass is 9.99. The number of aliphatic imine (C=N–C) groups is 1. The van der Waals surface area contributed by atoms with Crippen LogP contribution in [0.3, 0.4) is 0 Å². The zero-order valence-corrected chi connectivity index (χ0v) is 20.9. The van der Waals surface area contributed by atoms with Crippen LogP contribution in [0.1, 0.15) is 30.6 Å². The molecule has 7 heteroatoms. The van der Waals surface area contributed by atoms with Gasteiger partial charge < -0.3 is 24.8 Å². The topological polar surface area (TPSA) is 66.3 Å². The van der Waals surface area contributed by atoms with E-state index in [9.17, 15) is 5.11 Å². The van der Waals surface area contributed by atoms with Crippen LogP contribution in [0.2, 0.25) is 0 Å². The predicted molar refractivity (Wildman–Crippen MR) is 136 cm³/mol. The fourth-order valence-corrected chi connectivity index (χ4v) is 3.87. The molecule has 1 heterocycles. The number of benzene rings is 2. The van der Waals surface area contributed by atoms with Gasteiger partial charge in [-0.2, -0.15) is 0 Å². The lowest BCUT2D eigenvalue weighted by molar-refractivity contribution is 0.185. The molecule has 2 aromatic carbocycles. The van der Waals surface area contributed by atoms with E-state index in [1.54, 1.807) is 20.3 Å². The van der Waals surface area contributed by atoms with Crippen molar-refractivity contribution in [2.75, 3.05) is 40.4 Å². The van der Waals surface area contributed by atoms with Gasteiger partial charge in [0.05, 0.1) is 26.9 Å². The summed E-state index contributed by atoms with van der Waals surface area (Å²) in [6, 6.07) is 16.1. The van der Waals surface area contributed by atoms with Crippen LogP contribution in [0.4, 0.5) is 0 Å². The summed E-state index contributed by atoms with van der Waals surface area (Å²) in [6.45, 7) is 5.09. The van der Waals surface area contributed by atoms with Gasteiger partial charge in [-0.3, -0.25) is 4.99 Å². The summed E-state index contributed by atoms with van der Waals surface area (Å²) < 4.78 is 10.6. The fraction of sp³-hybridized carbons (Fsp3) is 0.458. The van der Waals surface area contributed by atoms with Crippen molar-refractivity contribution < 1.29 is 14.6 Å². The van der Waals surface area contributed by atoms with Gasteiger partial charge in [0.1, 0.15) is 11.5 Å². The lowest BCUT2D eigenvalue weighted by Crippen LogP contribution is -2.40. The first-order valence-corrected chi connectivity index (χ1v) is 10.6. The van der Waals surface area contributed by atoms with E-state index in [0.717, 1.165) is 44.0 Å². The number of likely N-dealkylation sites (tertiary alicyclic amines) is 1. The molecule has 3 rings (SSSR count). The summed E-state index contributed by atoms with van der Waals surface area (Å²) in [5, 5.41) is 14.1. The molecule has 0 radical (unpaired) electrons. The number of hydrogen-bond acceptors (Lipinski definition) is 4. The van der Waals surface area contributed by atoms with Crippen LogP contribution in [-0.2, 0) is 6.42 Å². The Balaban J connectivity index is 0.00000341. The molecule has 0 amide bonds. The van der Waals surface area contributed by atoms with Gasteiger partial charge >= 0.3 is 0 Å². The minimum absolute atomic E-state index is 0. The molecule has 6 nitrogen and oxygen atoms in total. The summed E-state index contributed by atoms with van der Waals surface area (Å²) in [7, 11) is 3.21. The average Bonchev–Trinajstić information content (AvgIpc) is 3.24. The Labute approximate surface area is 202 Å². The Morgan fingerprint density at radius 1 is 1.16 bits per heavy atom. The van der Waals surface area contributed by atoms with Crippen LogP contribution in [0, 0.1) is 5.92 Å². The normalized spacial score (nSPS) is 17.1. The number of methoxy groups -OCH3 is 2. The number of aliphatic hydroxyl groups is 1. The number of hydrogen-bond donors (Lipinski definition) is 2. The Morgan fingerprint density at radius 3 is 2.45 bits per heavy atom. The van der Waals surface area contributed by atoms with Gasteiger partial charge in [0.2, 0.25) is 0 Å². The van der Waals surface area contributed by atoms with Crippen molar-refractivity contribution in [2.45, 2.75) is 25.9 Å². The fourth-order valence-electron chi connectivity index (χ4n) is 3.87. The average molecular weight is 539 g/mol. The Morgan fingerprint density at radius 2 is 1.84 bits per heavy atom. The number of nitrogens with zero attached hydrogens (tertiary/aromatic N) is 2. The summed E-state index contributed by atoms with van der Waals surface area (Å²) in [5.74, 6) is 2.79. The Hall–Kier alpha value is -2.00. The second-order valence-corrected chi connectivity index (χ2v) is 7.65. The molecule has 0 bridgehead atoms. The summed E-state index contributed by atoms with van der Waals surface area (Å²) in [4.78, 5) is 7.03. The minimum atomic E-state index is -0.731. The number of aliphatic hydroxyl groups excluding tert-OH is 1. The molecule has 0 aliphatic carbocycles. The number of nitrogens with one attached hydrogen (secondary N) is 1. The van der Waals surface area contributed by atoms with Crippen molar-refractivity contribution in [3.05, 3.63) is 59.7 Å². The third-order valence-electron chi connectivity index (χ3n) is 5.46. The maximum absolute atomic E-state index is 10.7. The zero-order valence-electron chi connectivity index (χ0n) is 18.6. The molecular weight excluding hydrogens is 505 g/mol. The van der Waals surface area contributed by atoms with E-state index >= 15 is 0 Å². The third-order valence-corrected chi connectivity index (χ3v) is 5.46. The maximum Gasteiger partial charge on any atom is 0.194 e. The van der Waals surface area contributed by atoms with Crippen molar-refractivity contribution in [2.24, 2.45) is 10.9 Å². The third kappa shape index (κ3) is 7.28. The first-order chi connectivity index (χ1) is 14.6. The van der Waals surface area contributed by atoms with Crippen LogP contribution >= 0.6 is 24.0 Å². The molecule has 170 valence electrons. The van der Waals surface area contributed by atoms with Crippen molar-refractivity contribution >= 4 is 29.9 Å². The summed E-state index contributed by atoms with van der Waals surface area (Å²) in [5.41, 5.74) is 2.11. The highest BCUT2D eigenvalue weighted by atomic mass is 127. The predicted octanol–water partition coefficient (Wildman–Crippen LogP) is 3.89. The van der Waals surface area contributed by atoms with Crippen molar-refractivity contribution in [3.63, 3.8) is 0 Å². The van der Waals surface area contributed by atoms with Gasteiger partial charge in [-0.05, 0) is 48.9 Å². The molecule has 1 aliphatic heterocycles. The molecule has 1 fully saturated rings. The lowest BCUT2D eigenvalue weighted by Gasteiger charge is -2.22. The van der Waals surface area contributed by atoms with E-state index < -0.39 is 6.10 Å². The van der Waals surface area contributed by atoms with Gasteiger partial charge in [-0.1, -0.05) is 30.3 Å². The standard InChI is InChI=1S/C24H33N3O3.HI/c1-4-25-24(27-11-10-19(17-27)12-18-8-6-5-7-9-18)26-16-23(28)20-13-21(29-2)15-22(14-20)30-3;/h5-9,13-15,19,23,28H,4,10-12,16-17H2,1-3H3,(H,25,26);1H. The molecular formula is C24H34IN3O3. The molecule has 31 heavy (non-hydrogen) atoms. The maximum atomic E-state index is 10.7. The second-order valence-electron chi connectivity index (χ2n) is 7.65. The van der Waals surface area contributed by atoms with Crippen molar-refractivity contribution in [1.82, 2.24) is 10.2 Å². The number of halogens is 1. The molecule has 1 saturated heterocycles. The van der Waals surface area contributed by atoms with E-state index in [2.05, 4.69) is 47.5 Å². The van der Waals surface area contributed by atoms with E-state index in [0.29, 0.717) is 17.4 Å². The van der Waals surface area contributed by atoms with E-state index in [1.807, 2.05) is 12.1 Å². The molecule has 1 aliphatic rings. The van der Waals surface area contributed by atoms with E-state index in [4.69, 9.17) is 14.5 Å². The summed E-state index contributed by atoms with van der Waals surface area (Å²) >= 11 is 0. The first kappa shape index (κ1) is 25.3. The number of guanidine groups is 1. The van der Waals surface area contributed by atoms with Gasteiger partial charge in [0, 0.05) is 25.7 Å². The SMILES string of the molecule is CCNC(=NCC(O)c1cc(OC)cc(OC)c1)N1CCC(Cc2ccccc2)C1.I. The highest BCUT2D eigenvalue weighted by molar-refractivity contribution is 14.0. The number of rotatable bonds is 8. The molecule has 0 saturated carbocycles. The zero-order chi connectivity index (χ0) is 21.3. The number of ether oxygens (including phenoxy) is 2. The van der Waals surface area contributed by atoms with Crippen LogP contribution < -0.4 is 14.8 Å². The molecule has 0 aromatic heterocycles. The van der Waals surface area contributed by atoms with Crippen molar-refractivity contribution in [3.8, 4) is 11.5 Å². The molecule has 2 N–H and O–H groups in total. The Kier molecular flexibility index (Phi) is 10.4.